The number of urea groups is 1. The van der Waals surface area contributed by atoms with Crippen LogP contribution in [0.3, 0.4) is 0 Å². The summed E-state index contributed by atoms with van der Waals surface area (Å²) in [5, 5.41) is 4.62. The van der Waals surface area contributed by atoms with Crippen molar-refractivity contribution in [1.29, 1.82) is 0 Å². The van der Waals surface area contributed by atoms with Crippen molar-refractivity contribution in [2.75, 3.05) is 31.1 Å². The molecule has 11 heteroatoms. The standard InChI is InChI=1S/C22H24N4O6S/c1-3-24(13-18(27)23-12-15-8-7-11-33-15)19(28)14-25-20(29)21(30)26(22(25)31)16-9-5-6-10-17(16)32-4-2/h5-11H,3-4,12-14H2,1-2H3,(H,23,27). The Bertz CT molecular complexity index is 1050. The smallest absolute Gasteiger partial charge is 0.339 e. The maximum absolute atomic E-state index is 12.9. The lowest BCUT2D eigenvalue weighted by Gasteiger charge is -2.23. The number of hydrogen-bond acceptors (Lipinski definition) is 7. The number of thiophene rings is 1. The molecule has 0 radical (unpaired) electrons. The zero-order chi connectivity index (χ0) is 24.0. The van der Waals surface area contributed by atoms with Crippen molar-refractivity contribution in [1.82, 2.24) is 15.1 Å². The summed E-state index contributed by atoms with van der Waals surface area (Å²) in [7, 11) is 0. The van der Waals surface area contributed by atoms with Gasteiger partial charge < -0.3 is 15.0 Å². The molecule has 1 saturated heterocycles. The maximum atomic E-state index is 12.9. The minimum absolute atomic E-state index is 0.123. The Labute approximate surface area is 194 Å². The molecule has 1 aromatic carbocycles. The van der Waals surface area contributed by atoms with E-state index in [0.29, 0.717) is 23.0 Å². The highest BCUT2D eigenvalue weighted by Gasteiger charge is 2.47. The lowest BCUT2D eigenvalue weighted by molar-refractivity contribution is -0.143. The number of nitrogens with zero attached hydrogens (tertiary/aromatic N) is 3. The van der Waals surface area contributed by atoms with Crippen LogP contribution in [-0.2, 0) is 25.7 Å². The molecule has 1 fully saturated rings. The van der Waals surface area contributed by atoms with Gasteiger partial charge in [0, 0.05) is 11.4 Å². The third-order valence-electron chi connectivity index (χ3n) is 4.86. The highest BCUT2D eigenvalue weighted by molar-refractivity contribution is 7.09. The number of hydrogen-bond donors (Lipinski definition) is 1. The number of carbonyl (C=O) groups excluding carboxylic acids is 5. The van der Waals surface area contributed by atoms with Gasteiger partial charge in [-0.2, -0.15) is 0 Å². The van der Waals surface area contributed by atoms with Crippen molar-refractivity contribution >= 4 is 46.7 Å². The second-order valence-corrected chi connectivity index (χ2v) is 8.01. The molecule has 1 aromatic heterocycles. The van der Waals surface area contributed by atoms with Crippen LogP contribution in [0.25, 0.3) is 0 Å². The van der Waals surface area contributed by atoms with E-state index in [4.69, 9.17) is 4.74 Å². The van der Waals surface area contributed by atoms with E-state index in [-0.39, 0.29) is 30.4 Å². The summed E-state index contributed by atoms with van der Waals surface area (Å²) in [5.41, 5.74) is 0.123. The number of amides is 6. The maximum Gasteiger partial charge on any atom is 0.339 e. The first kappa shape index (κ1) is 23.9. The Morgan fingerprint density at radius 2 is 1.82 bits per heavy atom. The molecule has 33 heavy (non-hydrogen) atoms. The summed E-state index contributed by atoms with van der Waals surface area (Å²) in [4.78, 5) is 66.4. The van der Waals surface area contributed by atoms with E-state index in [0.717, 1.165) is 4.88 Å². The lowest BCUT2D eigenvalue weighted by Crippen LogP contribution is -2.46. The average Bonchev–Trinajstić information content (AvgIpc) is 3.40. The molecule has 174 valence electrons. The van der Waals surface area contributed by atoms with Crippen molar-refractivity contribution in [3.63, 3.8) is 0 Å². The summed E-state index contributed by atoms with van der Waals surface area (Å²) in [6.45, 7) is 3.36. The molecule has 10 nitrogen and oxygen atoms in total. The first-order chi connectivity index (χ1) is 15.9. The van der Waals surface area contributed by atoms with Gasteiger partial charge in [0.05, 0.1) is 25.4 Å². The molecule has 2 heterocycles. The summed E-state index contributed by atoms with van der Waals surface area (Å²) in [6, 6.07) is 9.14. The average molecular weight is 473 g/mol. The normalized spacial score (nSPS) is 13.5. The molecule has 3 rings (SSSR count). The highest BCUT2D eigenvalue weighted by atomic mass is 32.1. The van der Waals surface area contributed by atoms with Crippen molar-refractivity contribution in [2.45, 2.75) is 20.4 Å². The third kappa shape index (κ3) is 5.37. The van der Waals surface area contributed by atoms with Crippen LogP contribution in [0, 0.1) is 0 Å². The SMILES string of the molecule is CCOc1ccccc1N1C(=O)C(=O)N(CC(=O)N(CC)CC(=O)NCc2cccs2)C1=O. The van der Waals surface area contributed by atoms with E-state index in [1.807, 2.05) is 17.5 Å². The molecule has 0 spiro atoms. The van der Waals surface area contributed by atoms with Crippen LogP contribution < -0.4 is 15.0 Å². The lowest BCUT2D eigenvalue weighted by atomic mass is 10.2. The number of anilines is 1. The molecule has 0 bridgehead atoms. The van der Waals surface area contributed by atoms with E-state index in [2.05, 4.69) is 5.32 Å². The number of para-hydroxylation sites is 2. The Balaban J connectivity index is 1.67. The molecular formula is C22H24N4O6S. The van der Waals surface area contributed by atoms with Crippen molar-refractivity contribution in [3.8, 4) is 5.75 Å². The van der Waals surface area contributed by atoms with Gasteiger partial charge in [-0.15, -0.1) is 11.3 Å². The summed E-state index contributed by atoms with van der Waals surface area (Å²) >= 11 is 1.50. The largest absolute Gasteiger partial charge is 0.492 e. The third-order valence-corrected chi connectivity index (χ3v) is 5.74. The molecule has 0 unspecified atom stereocenters. The van der Waals surface area contributed by atoms with E-state index in [9.17, 15) is 24.0 Å². The molecule has 1 aliphatic rings. The number of imide groups is 2. The van der Waals surface area contributed by atoms with Crippen LogP contribution in [0.4, 0.5) is 10.5 Å². The molecule has 0 aliphatic carbocycles. The van der Waals surface area contributed by atoms with Gasteiger partial charge in [-0.3, -0.25) is 19.2 Å². The Morgan fingerprint density at radius 3 is 2.48 bits per heavy atom. The first-order valence-corrected chi connectivity index (χ1v) is 11.2. The van der Waals surface area contributed by atoms with Gasteiger partial charge in [0.2, 0.25) is 11.8 Å². The Hall–Kier alpha value is -3.73. The number of likely N-dealkylation sites (N-methyl/N-ethyl adjacent to an activating group) is 1. The monoisotopic (exact) mass is 472 g/mol. The molecule has 1 N–H and O–H groups in total. The second-order valence-electron chi connectivity index (χ2n) is 6.98. The molecule has 2 aromatic rings. The van der Waals surface area contributed by atoms with Crippen LogP contribution >= 0.6 is 11.3 Å². The molecule has 0 atom stereocenters. The van der Waals surface area contributed by atoms with Gasteiger partial charge in [0.1, 0.15) is 12.3 Å². The van der Waals surface area contributed by atoms with E-state index >= 15 is 0 Å². The fourth-order valence-corrected chi connectivity index (χ4v) is 3.86. The van der Waals surface area contributed by atoms with Gasteiger partial charge in [0.15, 0.2) is 0 Å². The topological polar surface area (TPSA) is 116 Å². The van der Waals surface area contributed by atoms with Gasteiger partial charge >= 0.3 is 17.8 Å². The van der Waals surface area contributed by atoms with Crippen LogP contribution in [0.1, 0.15) is 18.7 Å². The van der Waals surface area contributed by atoms with Gasteiger partial charge in [-0.1, -0.05) is 18.2 Å². The number of rotatable bonds is 10. The van der Waals surface area contributed by atoms with E-state index in [1.165, 1.54) is 22.3 Å². The van der Waals surface area contributed by atoms with Crippen LogP contribution in [0.15, 0.2) is 41.8 Å². The van der Waals surface area contributed by atoms with Gasteiger partial charge in [-0.05, 0) is 37.4 Å². The van der Waals surface area contributed by atoms with E-state index in [1.54, 1.807) is 32.0 Å². The summed E-state index contributed by atoms with van der Waals surface area (Å²) in [5.74, 6) is -2.92. The van der Waals surface area contributed by atoms with Crippen molar-refractivity contribution in [3.05, 3.63) is 46.7 Å². The fourth-order valence-electron chi connectivity index (χ4n) is 3.22. The summed E-state index contributed by atoms with van der Waals surface area (Å²) in [6.07, 6.45) is 0. The number of carbonyl (C=O) groups is 5. The minimum atomic E-state index is -1.11. The van der Waals surface area contributed by atoms with Gasteiger partial charge in [-0.25, -0.2) is 14.6 Å². The zero-order valence-electron chi connectivity index (χ0n) is 18.3. The van der Waals surface area contributed by atoms with Crippen LogP contribution in [-0.4, -0.2) is 65.7 Å². The predicted octanol–water partition coefficient (Wildman–Crippen LogP) is 1.61. The minimum Gasteiger partial charge on any atom is -0.492 e. The number of ether oxygens (including phenoxy) is 1. The molecular weight excluding hydrogens is 448 g/mol. The molecule has 1 aliphatic heterocycles. The number of benzene rings is 1. The molecule has 6 amide bonds. The predicted molar refractivity (Wildman–Crippen MR) is 121 cm³/mol. The first-order valence-electron chi connectivity index (χ1n) is 10.4. The van der Waals surface area contributed by atoms with Gasteiger partial charge in [0.25, 0.3) is 0 Å². The summed E-state index contributed by atoms with van der Waals surface area (Å²) < 4.78 is 5.45. The molecule has 0 saturated carbocycles. The Kier molecular flexibility index (Phi) is 7.78. The van der Waals surface area contributed by atoms with Crippen molar-refractivity contribution < 1.29 is 28.7 Å². The second kappa shape index (κ2) is 10.7. The quantitative estimate of drug-likeness (QED) is 0.415. The fraction of sp³-hybridized carbons (Fsp3) is 0.318. The zero-order valence-corrected chi connectivity index (χ0v) is 19.1. The highest BCUT2D eigenvalue weighted by Crippen LogP contribution is 2.31. The van der Waals surface area contributed by atoms with E-state index < -0.39 is 30.3 Å². The Morgan fingerprint density at radius 1 is 1.06 bits per heavy atom. The van der Waals surface area contributed by atoms with Crippen molar-refractivity contribution in [2.24, 2.45) is 0 Å². The van der Waals surface area contributed by atoms with Crippen LogP contribution in [0.5, 0.6) is 5.75 Å². The van der Waals surface area contributed by atoms with Crippen LogP contribution in [0.2, 0.25) is 0 Å². The number of nitrogens with one attached hydrogen (secondary N) is 1.